The molecule has 0 aliphatic rings. The highest BCUT2D eigenvalue weighted by molar-refractivity contribution is 7.92. The summed E-state index contributed by atoms with van der Waals surface area (Å²) in [6, 6.07) is 9.59. The van der Waals surface area contributed by atoms with Crippen LogP contribution >= 0.6 is 11.3 Å². The van der Waals surface area contributed by atoms with E-state index in [0.29, 0.717) is 11.7 Å². The van der Waals surface area contributed by atoms with Crippen molar-refractivity contribution in [3.8, 4) is 0 Å². The summed E-state index contributed by atoms with van der Waals surface area (Å²) in [5.74, 6) is -0.0574. The normalized spacial score (nSPS) is 13.0. The molecule has 1 N–H and O–H groups in total. The number of sulfonamides is 1. The maximum atomic E-state index is 12.2. The summed E-state index contributed by atoms with van der Waals surface area (Å²) < 4.78 is 31.8. The van der Waals surface area contributed by atoms with Crippen molar-refractivity contribution in [1.29, 1.82) is 0 Å². The maximum Gasteiger partial charge on any atom is 0.235 e. The van der Waals surface area contributed by atoms with Gasteiger partial charge >= 0.3 is 0 Å². The molecule has 0 radical (unpaired) electrons. The smallest absolute Gasteiger partial charge is 0.235 e. The van der Waals surface area contributed by atoms with Crippen LogP contribution in [-0.2, 0) is 21.4 Å². The van der Waals surface area contributed by atoms with Gasteiger partial charge in [-0.1, -0.05) is 37.3 Å². The van der Waals surface area contributed by atoms with Gasteiger partial charge in [-0.2, -0.15) is 0 Å². The molecule has 2 rings (SSSR count). The SMILES string of the molecule is COCc1csc(NS(=O)(=O)C[C@H](C)c2ccccc2)n1. The topological polar surface area (TPSA) is 68.3 Å². The van der Waals surface area contributed by atoms with E-state index in [2.05, 4.69) is 9.71 Å². The van der Waals surface area contributed by atoms with Crippen molar-refractivity contribution >= 4 is 26.5 Å². The third-order valence-corrected chi connectivity index (χ3v) is 5.30. The molecule has 2 aromatic rings. The highest BCUT2D eigenvalue weighted by atomic mass is 32.2. The summed E-state index contributed by atoms with van der Waals surface area (Å²) in [6.07, 6.45) is 0. The summed E-state index contributed by atoms with van der Waals surface area (Å²) in [4.78, 5) is 4.17. The second-order valence-corrected chi connectivity index (χ2v) is 7.40. The lowest BCUT2D eigenvalue weighted by Gasteiger charge is -2.12. The third-order valence-electron chi connectivity index (χ3n) is 2.92. The Hall–Kier alpha value is -1.44. The van der Waals surface area contributed by atoms with Crippen LogP contribution in [0.25, 0.3) is 0 Å². The number of benzene rings is 1. The summed E-state index contributed by atoms with van der Waals surface area (Å²) >= 11 is 1.26. The van der Waals surface area contributed by atoms with Crippen LogP contribution in [0.2, 0.25) is 0 Å². The molecule has 0 aliphatic carbocycles. The lowest BCUT2D eigenvalue weighted by atomic mass is 10.0. The van der Waals surface area contributed by atoms with Gasteiger partial charge < -0.3 is 4.74 Å². The number of anilines is 1. The zero-order valence-corrected chi connectivity index (χ0v) is 13.6. The van der Waals surface area contributed by atoms with E-state index in [1.165, 1.54) is 11.3 Å². The number of nitrogens with zero attached hydrogens (tertiary/aromatic N) is 1. The van der Waals surface area contributed by atoms with E-state index in [-0.39, 0.29) is 11.7 Å². The van der Waals surface area contributed by atoms with Gasteiger partial charge in [0.05, 0.1) is 18.1 Å². The number of rotatable bonds is 7. The molecular formula is C14H18N2O3S2. The third kappa shape index (κ3) is 4.80. The van der Waals surface area contributed by atoms with E-state index in [4.69, 9.17) is 4.74 Å². The van der Waals surface area contributed by atoms with Crippen molar-refractivity contribution in [3.63, 3.8) is 0 Å². The van der Waals surface area contributed by atoms with Crippen molar-refractivity contribution in [2.75, 3.05) is 17.6 Å². The molecule has 21 heavy (non-hydrogen) atoms. The van der Waals surface area contributed by atoms with E-state index in [1.807, 2.05) is 37.3 Å². The van der Waals surface area contributed by atoms with E-state index in [0.717, 1.165) is 11.3 Å². The molecule has 0 amide bonds. The monoisotopic (exact) mass is 326 g/mol. The zero-order valence-electron chi connectivity index (χ0n) is 11.9. The van der Waals surface area contributed by atoms with Crippen molar-refractivity contribution < 1.29 is 13.2 Å². The lowest BCUT2D eigenvalue weighted by molar-refractivity contribution is 0.182. The zero-order chi connectivity index (χ0) is 15.3. The maximum absolute atomic E-state index is 12.2. The van der Waals surface area contributed by atoms with Gasteiger partial charge in [-0.3, -0.25) is 4.72 Å². The van der Waals surface area contributed by atoms with Crippen LogP contribution in [0.1, 0.15) is 24.1 Å². The molecule has 5 nitrogen and oxygen atoms in total. The highest BCUT2D eigenvalue weighted by Gasteiger charge is 2.18. The fourth-order valence-electron chi connectivity index (χ4n) is 1.95. The first kappa shape index (κ1) is 15.9. The largest absolute Gasteiger partial charge is 0.378 e. The molecule has 0 unspecified atom stereocenters. The van der Waals surface area contributed by atoms with Crippen molar-refractivity contribution in [3.05, 3.63) is 47.0 Å². The van der Waals surface area contributed by atoms with Gasteiger partial charge in [-0.05, 0) is 11.5 Å². The van der Waals surface area contributed by atoms with Gasteiger partial charge in [0, 0.05) is 12.5 Å². The number of aromatic nitrogens is 1. The van der Waals surface area contributed by atoms with Gasteiger partial charge in [0.1, 0.15) is 0 Å². The summed E-state index contributed by atoms with van der Waals surface area (Å²) in [5.41, 5.74) is 1.72. The van der Waals surface area contributed by atoms with Crippen LogP contribution < -0.4 is 4.72 Å². The van der Waals surface area contributed by atoms with Gasteiger partial charge in [0.15, 0.2) is 5.13 Å². The molecule has 0 aliphatic heterocycles. The number of ether oxygens (including phenoxy) is 1. The second-order valence-electron chi connectivity index (χ2n) is 4.77. The first-order valence-corrected chi connectivity index (χ1v) is 9.02. The first-order chi connectivity index (χ1) is 10.00. The number of hydrogen-bond acceptors (Lipinski definition) is 5. The minimum atomic E-state index is -3.43. The minimum Gasteiger partial charge on any atom is -0.378 e. The van der Waals surface area contributed by atoms with Crippen LogP contribution in [0.15, 0.2) is 35.7 Å². The number of hydrogen-bond donors (Lipinski definition) is 1. The highest BCUT2D eigenvalue weighted by Crippen LogP contribution is 2.21. The Kier molecular flexibility index (Phi) is 5.33. The van der Waals surface area contributed by atoms with Crippen molar-refractivity contribution in [1.82, 2.24) is 4.98 Å². The van der Waals surface area contributed by atoms with E-state index in [1.54, 1.807) is 12.5 Å². The van der Waals surface area contributed by atoms with Crippen molar-refractivity contribution in [2.45, 2.75) is 19.4 Å². The predicted octanol–water partition coefficient (Wildman–Crippen LogP) is 2.83. The van der Waals surface area contributed by atoms with Gasteiger partial charge in [-0.15, -0.1) is 11.3 Å². The lowest BCUT2D eigenvalue weighted by Crippen LogP contribution is -2.20. The van der Waals surface area contributed by atoms with E-state index < -0.39 is 10.0 Å². The van der Waals surface area contributed by atoms with Gasteiger partial charge in [-0.25, -0.2) is 13.4 Å². The molecule has 1 aromatic carbocycles. The first-order valence-electron chi connectivity index (χ1n) is 6.49. The van der Waals surface area contributed by atoms with E-state index >= 15 is 0 Å². The summed E-state index contributed by atoms with van der Waals surface area (Å²) in [5, 5.41) is 2.16. The quantitative estimate of drug-likeness (QED) is 0.849. The van der Waals surface area contributed by atoms with E-state index in [9.17, 15) is 8.42 Å². The molecule has 0 saturated carbocycles. The Bertz CT molecular complexity index is 669. The molecule has 0 bridgehead atoms. The minimum absolute atomic E-state index is 0.0240. The fraction of sp³-hybridized carbons (Fsp3) is 0.357. The number of nitrogens with one attached hydrogen (secondary N) is 1. The second kappa shape index (κ2) is 7.02. The average Bonchev–Trinajstić information content (AvgIpc) is 2.86. The number of thiazole rings is 1. The van der Waals surface area contributed by atoms with Gasteiger partial charge in [0.2, 0.25) is 10.0 Å². The number of methoxy groups -OCH3 is 1. The average molecular weight is 326 g/mol. The Labute approximate surface area is 129 Å². The van der Waals surface area contributed by atoms with Crippen LogP contribution in [0, 0.1) is 0 Å². The molecule has 7 heteroatoms. The summed E-state index contributed by atoms with van der Waals surface area (Å²) in [7, 11) is -1.85. The van der Waals surface area contributed by atoms with Crippen molar-refractivity contribution in [2.24, 2.45) is 0 Å². The molecule has 114 valence electrons. The summed E-state index contributed by atoms with van der Waals surface area (Å²) in [6.45, 7) is 2.27. The Morgan fingerprint density at radius 1 is 1.33 bits per heavy atom. The predicted molar refractivity (Wildman–Crippen MR) is 85.1 cm³/mol. The van der Waals surface area contributed by atoms with Crippen LogP contribution in [0.5, 0.6) is 0 Å². The molecular weight excluding hydrogens is 308 g/mol. The standard InChI is InChI=1S/C14H18N2O3S2/c1-11(12-6-4-3-5-7-12)10-21(17,18)16-14-15-13(8-19-2)9-20-14/h3-7,9,11H,8,10H2,1-2H3,(H,15,16)/t11-/m0/s1. The molecule has 1 atom stereocenters. The Balaban J connectivity index is 2.01. The molecule has 1 heterocycles. The van der Waals surface area contributed by atoms with Crippen LogP contribution in [0.3, 0.4) is 0 Å². The molecule has 0 saturated heterocycles. The van der Waals surface area contributed by atoms with Gasteiger partial charge in [0.25, 0.3) is 0 Å². The van der Waals surface area contributed by atoms with Crippen LogP contribution in [0.4, 0.5) is 5.13 Å². The molecule has 0 fully saturated rings. The Morgan fingerprint density at radius 2 is 2.05 bits per heavy atom. The Morgan fingerprint density at radius 3 is 2.71 bits per heavy atom. The van der Waals surface area contributed by atoms with Crippen LogP contribution in [-0.4, -0.2) is 26.3 Å². The fourth-order valence-corrected chi connectivity index (χ4v) is 4.31. The molecule has 1 aromatic heterocycles. The molecule has 0 spiro atoms.